The van der Waals surface area contributed by atoms with Crippen LogP contribution in [0, 0.1) is 0 Å². The van der Waals surface area contributed by atoms with Crippen LogP contribution >= 0.6 is 0 Å². The van der Waals surface area contributed by atoms with Crippen LogP contribution in [0.3, 0.4) is 0 Å². The minimum Gasteiger partial charge on any atom is -0.327 e. The molecular formula is C16H27N. The summed E-state index contributed by atoms with van der Waals surface area (Å²) in [4.78, 5) is 0. The van der Waals surface area contributed by atoms with Crippen LogP contribution in [0.25, 0.3) is 0 Å². The van der Waals surface area contributed by atoms with Crippen molar-refractivity contribution in [2.75, 3.05) is 0 Å². The third-order valence-electron chi connectivity index (χ3n) is 3.36. The van der Waals surface area contributed by atoms with Gasteiger partial charge in [-0.2, -0.15) is 0 Å². The summed E-state index contributed by atoms with van der Waals surface area (Å²) in [6.07, 6.45) is 8.56. The van der Waals surface area contributed by atoms with Crippen LogP contribution in [0.1, 0.15) is 57.1 Å². The van der Waals surface area contributed by atoms with Crippen LogP contribution in [-0.2, 0) is 12.8 Å². The highest BCUT2D eigenvalue weighted by Gasteiger charge is 2.03. The highest BCUT2D eigenvalue weighted by molar-refractivity contribution is 5.23. The molecule has 2 N–H and O–H groups in total. The Kier molecular flexibility index (Phi) is 6.95. The molecule has 0 radical (unpaired) electrons. The second kappa shape index (κ2) is 8.30. The molecule has 1 unspecified atom stereocenters. The minimum absolute atomic E-state index is 0.333. The third kappa shape index (κ3) is 5.88. The van der Waals surface area contributed by atoms with Crippen molar-refractivity contribution in [3.63, 3.8) is 0 Å². The Labute approximate surface area is 106 Å². The Morgan fingerprint density at radius 1 is 0.941 bits per heavy atom. The van der Waals surface area contributed by atoms with Crippen molar-refractivity contribution in [2.45, 2.75) is 64.8 Å². The second-order valence-corrected chi connectivity index (χ2v) is 4.98. The average molecular weight is 233 g/mol. The van der Waals surface area contributed by atoms with Gasteiger partial charge in [0, 0.05) is 6.04 Å². The van der Waals surface area contributed by atoms with E-state index in [1.165, 1.54) is 36.8 Å². The third-order valence-corrected chi connectivity index (χ3v) is 3.36. The Balaban J connectivity index is 2.26. The maximum Gasteiger partial charge on any atom is 0.00793 e. The molecular weight excluding hydrogens is 206 g/mol. The number of benzene rings is 1. The van der Waals surface area contributed by atoms with E-state index in [9.17, 15) is 0 Å². The number of nitrogens with two attached hydrogens (primary N) is 1. The second-order valence-electron chi connectivity index (χ2n) is 4.98. The summed E-state index contributed by atoms with van der Waals surface area (Å²) in [5.41, 5.74) is 8.95. The first kappa shape index (κ1) is 14.2. The van der Waals surface area contributed by atoms with Crippen LogP contribution in [0.15, 0.2) is 24.3 Å². The summed E-state index contributed by atoms with van der Waals surface area (Å²) in [5, 5.41) is 0. The fourth-order valence-corrected chi connectivity index (χ4v) is 2.15. The molecule has 0 aromatic heterocycles. The molecule has 0 saturated carbocycles. The van der Waals surface area contributed by atoms with E-state index in [0.29, 0.717) is 6.04 Å². The van der Waals surface area contributed by atoms with Gasteiger partial charge in [0.15, 0.2) is 0 Å². The molecule has 96 valence electrons. The molecule has 1 aromatic carbocycles. The van der Waals surface area contributed by atoms with Crippen molar-refractivity contribution < 1.29 is 0 Å². The largest absolute Gasteiger partial charge is 0.327 e. The molecule has 0 aliphatic carbocycles. The first-order valence-corrected chi connectivity index (χ1v) is 7.09. The summed E-state index contributed by atoms with van der Waals surface area (Å²) in [5.74, 6) is 0. The zero-order valence-electron chi connectivity index (χ0n) is 11.4. The SMILES string of the molecule is CCCCCCC(N)Cc1ccc(CC)cc1. The molecule has 0 saturated heterocycles. The van der Waals surface area contributed by atoms with E-state index < -0.39 is 0 Å². The molecule has 0 bridgehead atoms. The summed E-state index contributed by atoms with van der Waals surface area (Å²) < 4.78 is 0. The van der Waals surface area contributed by atoms with Crippen LogP contribution in [0.4, 0.5) is 0 Å². The Hall–Kier alpha value is -0.820. The maximum absolute atomic E-state index is 6.16. The average Bonchev–Trinajstić information content (AvgIpc) is 2.36. The molecule has 0 fully saturated rings. The van der Waals surface area contributed by atoms with Crippen LogP contribution in [0.5, 0.6) is 0 Å². The number of hydrogen-bond acceptors (Lipinski definition) is 1. The smallest absolute Gasteiger partial charge is 0.00793 e. The topological polar surface area (TPSA) is 26.0 Å². The van der Waals surface area contributed by atoms with Gasteiger partial charge in [0.05, 0.1) is 0 Å². The lowest BCUT2D eigenvalue weighted by atomic mass is 9.99. The van der Waals surface area contributed by atoms with E-state index >= 15 is 0 Å². The van der Waals surface area contributed by atoms with Gasteiger partial charge in [-0.05, 0) is 30.4 Å². The van der Waals surface area contributed by atoms with E-state index in [2.05, 4.69) is 38.1 Å². The number of aryl methyl sites for hydroxylation is 1. The number of hydrogen-bond donors (Lipinski definition) is 1. The quantitative estimate of drug-likeness (QED) is 0.672. The first-order chi connectivity index (χ1) is 8.26. The van der Waals surface area contributed by atoms with Gasteiger partial charge in [0.25, 0.3) is 0 Å². The van der Waals surface area contributed by atoms with Crippen molar-refractivity contribution in [3.05, 3.63) is 35.4 Å². The van der Waals surface area contributed by atoms with Gasteiger partial charge in [0.1, 0.15) is 0 Å². The molecule has 0 amide bonds. The first-order valence-electron chi connectivity index (χ1n) is 7.09. The zero-order valence-corrected chi connectivity index (χ0v) is 11.4. The minimum atomic E-state index is 0.333. The van der Waals surface area contributed by atoms with Gasteiger partial charge >= 0.3 is 0 Å². The van der Waals surface area contributed by atoms with Crippen molar-refractivity contribution in [2.24, 2.45) is 5.73 Å². The van der Waals surface area contributed by atoms with Crippen molar-refractivity contribution in [3.8, 4) is 0 Å². The number of unbranched alkanes of at least 4 members (excludes halogenated alkanes) is 3. The Bertz CT molecular complexity index is 289. The Morgan fingerprint density at radius 2 is 1.59 bits per heavy atom. The lowest BCUT2D eigenvalue weighted by Crippen LogP contribution is -2.22. The monoisotopic (exact) mass is 233 g/mol. The van der Waals surface area contributed by atoms with E-state index in [4.69, 9.17) is 5.73 Å². The van der Waals surface area contributed by atoms with Gasteiger partial charge in [-0.25, -0.2) is 0 Å². The summed E-state index contributed by atoms with van der Waals surface area (Å²) >= 11 is 0. The summed E-state index contributed by atoms with van der Waals surface area (Å²) in [7, 11) is 0. The fraction of sp³-hybridized carbons (Fsp3) is 0.625. The Morgan fingerprint density at radius 3 is 2.18 bits per heavy atom. The van der Waals surface area contributed by atoms with Crippen molar-refractivity contribution in [1.82, 2.24) is 0 Å². The van der Waals surface area contributed by atoms with E-state index in [0.717, 1.165) is 19.3 Å². The van der Waals surface area contributed by atoms with Crippen molar-refractivity contribution >= 4 is 0 Å². The molecule has 1 rings (SSSR count). The molecule has 0 aliphatic rings. The molecule has 0 aliphatic heterocycles. The summed E-state index contributed by atoms with van der Waals surface area (Å²) in [6.45, 7) is 4.43. The van der Waals surface area contributed by atoms with Crippen LogP contribution in [0.2, 0.25) is 0 Å². The summed E-state index contributed by atoms with van der Waals surface area (Å²) in [6, 6.07) is 9.23. The lowest BCUT2D eigenvalue weighted by Gasteiger charge is -2.11. The van der Waals surface area contributed by atoms with Gasteiger partial charge in [-0.1, -0.05) is 63.8 Å². The van der Waals surface area contributed by atoms with Gasteiger partial charge in [-0.3, -0.25) is 0 Å². The van der Waals surface area contributed by atoms with Crippen molar-refractivity contribution in [1.29, 1.82) is 0 Å². The highest BCUT2D eigenvalue weighted by Crippen LogP contribution is 2.11. The fourth-order valence-electron chi connectivity index (χ4n) is 2.15. The predicted octanol–water partition coefficient (Wildman–Crippen LogP) is 4.09. The standard InChI is InChI=1S/C16H27N/c1-3-5-6-7-8-16(17)13-15-11-9-14(4-2)10-12-15/h9-12,16H,3-8,13,17H2,1-2H3. The zero-order chi connectivity index (χ0) is 12.5. The maximum atomic E-state index is 6.16. The molecule has 1 nitrogen and oxygen atoms in total. The lowest BCUT2D eigenvalue weighted by molar-refractivity contribution is 0.546. The molecule has 1 atom stereocenters. The molecule has 17 heavy (non-hydrogen) atoms. The van der Waals surface area contributed by atoms with Crippen LogP contribution in [-0.4, -0.2) is 6.04 Å². The van der Waals surface area contributed by atoms with E-state index in [-0.39, 0.29) is 0 Å². The van der Waals surface area contributed by atoms with Crippen LogP contribution < -0.4 is 5.73 Å². The normalized spacial score (nSPS) is 12.6. The van der Waals surface area contributed by atoms with E-state index in [1.54, 1.807) is 0 Å². The number of rotatable bonds is 8. The molecule has 0 heterocycles. The van der Waals surface area contributed by atoms with Gasteiger partial charge in [0.2, 0.25) is 0 Å². The molecule has 0 spiro atoms. The molecule has 1 aromatic rings. The predicted molar refractivity (Wildman–Crippen MR) is 76.3 cm³/mol. The van der Waals surface area contributed by atoms with E-state index in [1.807, 2.05) is 0 Å². The van der Waals surface area contributed by atoms with Gasteiger partial charge < -0.3 is 5.73 Å². The molecule has 1 heteroatoms. The van der Waals surface area contributed by atoms with Gasteiger partial charge in [-0.15, -0.1) is 0 Å². The highest BCUT2D eigenvalue weighted by atomic mass is 14.6.